The zero-order valence-corrected chi connectivity index (χ0v) is 15.1. The molecule has 0 unspecified atom stereocenters. The highest BCUT2D eigenvalue weighted by Crippen LogP contribution is 2.41. The van der Waals surface area contributed by atoms with Gasteiger partial charge >= 0.3 is 5.97 Å². The topological polar surface area (TPSA) is 48.4 Å². The first-order chi connectivity index (χ1) is 12.7. The standard InChI is InChI=1S/C20H18F3NO3/c1-11(25)27-18-13(7-8-14-15(18)5-4-6-17(14)21)12-9-16(20(2,22)23)19(26-3)24-10-12/h4-6,9-10H,7-8H2,1-3H3. The number of allylic oxidation sites excluding steroid dienone is 1. The Kier molecular flexibility index (Phi) is 4.95. The number of rotatable bonds is 4. The smallest absolute Gasteiger partial charge is 0.308 e. The Morgan fingerprint density at radius 2 is 2.00 bits per heavy atom. The molecule has 0 radical (unpaired) electrons. The van der Waals surface area contributed by atoms with Gasteiger partial charge in [0.1, 0.15) is 11.6 Å². The maximum Gasteiger partial charge on any atom is 0.308 e. The molecule has 1 aromatic carbocycles. The molecule has 0 aliphatic heterocycles. The van der Waals surface area contributed by atoms with Gasteiger partial charge in [-0.05, 0) is 30.5 Å². The Bertz CT molecular complexity index is 933. The van der Waals surface area contributed by atoms with Gasteiger partial charge in [-0.1, -0.05) is 12.1 Å². The van der Waals surface area contributed by atoms with E-state index in [2.05, 4.69) is 4.98 Å². The number of esters is 1. The van der Waals surface area contributed by atoms with Gasteiger partial charge in [-0.2, -0.15) is 0 Å². The van der Waals surface area contributed by atoms with Gasteiger partial charge < -0.3 is 9.47 Å². The van der Waals surface area contributed by atoms with Crippen LogP contribution in [0.4, 0.5) is 13.2 Å². The number of nitrogens with zero attached hydrogens (tertiary/aromatic N) is 1. The van der Waals surface area contributed by atoms with Gasteiger partial charge in [-0.15, -0.1) is 0 Å². The molecule has 1 aliphatic carbocycles. The molecule has 4 nitrogen and oxygen atoms in total. The number of hydrogen-bond acceptors (Lipinski definition) is 4. The van der Waals surface area contributed by atoms with Crippen LogP contribution in [0.25, 0.3) is 11.3 Å². The van der Waals surface area contributed by atoms with Gasteiger partial charge in [0.2, 0.25) is 5.88 Å². The molecular formula is C20H18F3NO3. The lowest BCUT2D eigenvalue weighted by molar-refractivity contribution is -0.134. The van der Waals surface area contributed by atoms with Crippen molar-refractivity contribution in [2.24, 2.45) is 0 Å². The summed E-state index contributed by atoms with van der Waals surface area (Å²) in [5, 5.41) is 0. The molecule has 7 heteroatoms. The van der Waals surface area contributed by atoms with Crippen molar-refractivity contribution in [2.75, 3.05) is 7.11 Å². The predicted molar refractivity (Wildman–Crippen MR) is 93.7 cm³/mol. The zero-order valence-electron chi connectivity index (χ0n) is 15.1. The van der Waals surface area contributed by atoms with Crippen LogP contribution in [-0.2, 0) is 21.9 Å². The maximum absolute atomic E-state index is 14.1. The molecule has 142 valence electrons. The number of carbonyl (C=O) groups excluding carboxylic acids is 1. The van der Waals surface area contributed by atoms with Crippen LogP contribution in [-0.4, -0.2) is 18.1 Å². The Labute approximate surface area is 154 Å². The summed E-state index contributed by atoms with van der Waals surface area (Å²) in [5.41, 5.74) is 1.39. The summed E-state index contributed by atoms with van der Waals surface area (Å²) in [6.45, 7) is 1.99. The van der Waals surface area contributed by atoms with Crippen molar-refractivity contribution in [3.8, 4) is 5.88 Å². The zero-order chi connectivity index (χ0) is 19.8. The van der Waals surface area contributed by atoms with Crippen LogP contribution < -0.4 is 4.74 Å². The molecular weight excluding hydrogens is 359 g/mol. The summed E-state index contributed by atoms with van der Waals surface area (Å²) < 4.78 is 52.4. The van der Waals surface area contributed by atoms with Crippen molar-refractivity contribution < 1.29 is 27.4 Å². The van der Waals surface area contributed by atoms with E-state index in [1.54, 1.807) is 6.07 Å². The molecule has 1 aromatic heterocycles. The van der Waals surface area contributed by atoms with Gasteiger partial charge in [0.15, 0.2) is 0 Å². The monoisotopic (exact) mass is 377 g/mol. The molecule has 0 fully saturated rings. The number of pyridine rings is 1. The molecule has 0 atom stereocenters. The first-order valence-corrected chi connectivity index (χ1v) is 8.34. The minimum Gasteiger partial charge on any atom is -0.481 e. The van der Waals surface area contributed by atoms with Gasteiger partial charge in [0, 0.05) is 36.7 Å². The normalized spacial score (nSPS) is 14.0. The second-order valence-electron chi connectivity index (χ2n) is 6.34. The van der Waals surface area contributed by atoms with E-state index in [0.717, 1.165) is 6.92 Å². The van der Waals surface area contributed by atoms with E-state index in [9.17, 15) is 18.0 Å². The minimum absolute atomic E-state index is 0.167. The van der Waals surface area contributed by atoms with E-state index in [1.807, 2.05) is 0 Å². The Hall–Kier alpha value is -2.83. The van der Waals surface area contributed by atoms with E-state index >= 15 is 0 Å². The molecule has 1 aliphatic rings. The van der Waals surface area contributed by atoms with Crippen molar-refractivity contribution in [2.45, 2.75) is 32.6 Å². The van der Waals surface area contributed by atoms with Crippen LogP contribution in [0.2, 0.25) is 0 Å². The number of ether oxygens (including phenoxy) is 2. The quantitative estimate of drug-likeness (QED) is 0.724. The molecule has 0 N–H and O–H groups in total. The van der Waals surface area contributed by atoms with E-state index in [0.29, 0.717) is 35.1 Å². The summed E-state index contributed by atoms with van der Waals surface area (Å²) in [4.78, 5) is 15.6. The van der Waals surface area contributed by atoms with Gasteiger partial charge in [0.05, 0.1) is 12.7 Å². The lowest BCUT2D eigenvalue weighted by Gasteiger charge is -2.24. The molecule has 0 saturated carbocycles. The van der Waals surface area contributed by atoms with Crippen molar-refractivity contribution in [1.29, 1.82) is 0 Å². The van der Waals surface area contributed by atoms with Crippen LogP contribution in [0.15, 0.2) is 30.5 Å². The van der Waals surface area contributed by atoms with Crippen molar-refractivity contribution in [3.05, 3.63) is 58.5 Å². The van der Waals surface area contributed by atoms with Crippen LogP contribution in [0.5, 0.6) is 5.88 Å². The number of hydrogen-bond donors (Lipinski definition) is 0. The average molecular weight is 377 g/mol. The first kappa shape index (κ1) is 18.9. The van der Waals surface area contributed by atoms with Gasteiger partial charge in [-0.25, -0.2) is 18.2 Å². The number of benzene rings is 1. The molecule has 0 amide bonds. The summed E-state index contributed by atoms with van der Waals surface area (Å²) in [6, 6.07) is 5.76. The number of halogens is 3. The van der Waals surface area contributed by atoms with Gasteiger partial charge in [0.25, 0.3) is 5.92 Å². The number of alkyl halides is 2. The van der Waals surface area contributed by atoms with Crippen molar-refractivity contribution in [1.82, 2.24) is 4.98 Å². The molecule has 27 heavy (non-hydrogen) atoms. The second kappa shape index (κ2) is 7.06. The highest BCUT2D eigenvalue weighted by atomic mass is 19.3. The number of methoxy groups -OCH3 is 1. The fraction of sp³-hybridized carbons (Fsp3) is 0.300. The van der Waals surface area contributed by atoms with Crippen LogP contribution >= 0.6 is 0 Å². The summed E-state index contributed by atoms with van der Waals surface area (Å²) >= 11 is 0. The van der Waals surface area contributed by atoms with E-state index in [-0.39, 0.29) is 17.2 Å². The highest BCUT2D eigenvalue weighted by Gasteiger charge is 2.32. The lowest BCUT2D eigenvalue weighted by Crippen LogP contribution is -2.14. The number of aromatic nitrogens is 1. The third-order valence-corrected chi connectivity index (χ3v) is 4.37. The summed E-state index contributed by atoms with van der Waals surface area (Å²) in [7, 11) is 1.26. The Balaban J connectivity index is 2.22. The summed E-state index contributed by atoms with van der Waals surface area (Å²) in [5.74, 6) is -4.16. The third-order valence-electron chi connectivity index (χ3n) is 4.37. The maximum atomic E-state index is 14.1. The predicted octanol–water partition coefficient (Wildman–Crippen LogP) is 4.72. The fourth-order valence-corrected chi connectivity index (χ4v) is 3.18. The van der Waals surface area contributed by atoms with E-state index in [1.165, 1.54) is 38.4 Å². The Morgan fingerprint density at radius 1 is 1.26 bits per heavy atom. The molecule has 0 spiro atoms. The molecule has 3 rings (SSSR count). The van der Waals surface area contributed by atoms with Crippen molar-refractivity contribution >= 4 is 17.3 Å². The van der Waals surface area contributed by atoms with Gasteiger partial charge in [-0.3, -0.25) is 4.79 Å². The molecule has 2 aromatic rings. The SMILES string of the molecule is COc1ncc(C2=C(OC(C)=O)c3cccc(F)c3CC2)cc1C(C)(F)F. The average Bonchev–Trinajstić information content (AvgIpc) is 2.61. The lowest BCUT2D eigenvalue weighted by atomic mass is 9.86. The molecule has 0 saturated heterocycles. The number of fused-ring (bicyclic) bond motifs is 1. The fourth-order valence-electron chi connectivity index (χ4n) is 3.18. The van der Waals surface area contributed by atoms with Crippen molar-refractivity contribution in [3.63, 3.8) is 0 Å². The molecule has 1 heterocycles. The van der Waals surface area contributed by atoms with E-state index in [4.69, 9.17) is 9.47 Å². The minimum atomic E-state index is -3.17. The Morgan fingerprint density at radius 3 is 2.63 bits per heavy atom. The van der Waals surface area contributed by atoms with Crippen LogP contribution in [0, 0.1) is 5.82 Å². The first-order valence-electron chi connectivity index (χ1n) is 8.34. The summed E-state index contributed by atoms with van der Waals surface area (Å²) in [6.07, 6.45) is 2.06. The molecule has 0 bridgehead atoms. The van der Waals surface area contributed by atoms with Crippen LogP contribution in [0.1, 0.15) is 42.5 Å². The van der Waals surface area contributed by atoms with E-state index < -0.39 is 17.7 Å². The largest absolute Gasteiger partial charge is 0.481 e. The highest BCUT2D eigenvalue weighted by molar-refractivity contribution is 5.94. The van der Waals surface area contributed by atoms with Crippen LogP contribution in [0.3, 0.4) is 0 Å². The third kappa shape index (κ3) is 3.67. The second-order valence-corrected chi connectivity index (χ2v) is 6.34. The number of carbonyl (C=O) groups is 1.